The summed E-state index contributed by atoms with van der Waals surface area (Å²) in [5.41, 5.74) is 0.610. The average molecular weight is 419 g/mol. The summed E-state index contributed by atoms with van der Waals surface area (Å²) in [7, 11) is 0. The molecule has 112 valence electrons. The Hall–Kier alpha value is -1.11. The van der Waals surface area contributed by atoms with Crippen molar-refractivity contribution in [2.45, 2.75) is 6.10 Å². The van der Waals surface area contributed by atoms with Gasteiger partial charge in [-0.15, -0.1) is 0 Å². The van der Waals surface area contributed by atoms with Crippen molar-refractivity contribution in [2.24, 2.45) is 0 Å². The van der Waals surface area contributed by atoms with E-state index < -0.39 is 6.10 Å². The Morgan fingerprint density at radius 2 is 1.86 bits per heavy atom. The smallest absolute Gasteiger partial charge is 0.139 e. The van der Waals surface area contributed by atoms with Gasteiger partial charge < -0.3 is 15.2 Å². The minimum atomic E-state index is -0.694. The highest BCUT2D eigenvalue weighted by Gasteiger charge is 2.06. The second-order valence-electron chi connectivity index (χ2n) is 4.43. The molecule has 0 bridgehead atoms. The molecular formula is C15H14Br2FNO2. The lowest BCUT2D eigenvalue weighted by Gasteiger charge is -2.14. The molecule has 21 heavy (non-hydrogen) atoms. The van der Waals surface area contributed by atoms with Crippen molar-refractivity contribution in [1.82, 2.24) is 0 Å². The maximum atomic E-state index is 13.3. The summed E-state index contributed by atoms with van der Waals surface area (Å²) in [6, 6.07) is 12.1. The first-order chi connectivity index (χ1) is 10.0. The predicted octanol–water partition coefficient (Wildman–Crippen LogP) is 4.20. The minimum absolute atomic E-state index is 0.160. The molecule has 3 nitrogen and oxygen atoms in total. The fourth-order valence-corrected chi connectivity index (χ4v) is 2.13. The van der Waals surface area contributed by atoms with E-state index in [9.17, 15) is 9.50 Å². The number of halogens is 3. The van der Waals surface area contributed by atoms with E-state index in [1.54, 1.807) is 12.1 Å². The van der Waals surface area contributed by atoms with E-state index in [0.717, 1.165) is 4.47 Å². The molecule has 0 fully saturated rings. The van der Waals surface area contributed by atoms with Gasteiger partial charge in [-0.25, -0.2) is 4.39 Å². The van der Waals surface area contributed by atoms with Crippen LogP contribution in [0.15, 0.2) is 51.4 Å². The van der Waals surface area contributed by atoms with Crippen molar-refractivity contribution < 1.29 is 14.2 Å². The SMILES string of the molecule is OC(CNc1ccc(Br)c(F)c1)COc1ccc(Br)cc1. The van der Waals surface area contributed by atoms with Crippen LogP contribution in [0, 0.1) is 5.82 Å². The number of hydrogen-bond donors (Lipinski definition) is 2. The van der Waals surface area contributed by atoms with Crippen molar-refractivity contribution in [3.8, 4) is 5.75 Å². The van der Waals surface area contributed by atoms with Crippen LogP contribution in [0.1, 0.15) is 0 Å². The van der Waals surface area contributed by atoms with E-state index in [0.29, 0.717) is 15.9 Å². The second kappa shape index (κ2) is 7.77. The molecule has 0 aliphatic heterocycles. The van der Waals surface area contributed by atoms with E-state index in [4.69, 9.17) is 4.74 Å². The van der Waals surface area contributed by atoms with Crippen LogP contribution in [0.4, 0.5) is 10.1 Å². The van der Waals surface area contributed by atoms with E-state index in [2.05, 4.69) is 37.2 Å². The highest BCUT2D eigenvalue weighted by molar-refractivity contribution is 9.10. The van der Waals surface area contributed by atoms with Gasteiger partial charge in [-0.1, -0.05) is 15.9 Å². The van der Waals surface area contributed by atoms with Gasteiger partial charge in [0.25, 0.3) is 0 Å². The van der Waals surface area contributed by atoms with Gasteiger partial charge in [0, 0.05) is 16.7 Å². The van der Waals surface area contributed by atoms with Crippen molar-refractivity contribution >= 4 is 37.5 Å². The maximum Gasteiger partial charge on any atom is 0.139 e. The van der Waals surface area contributed by atoms with Crippen LogP contribution in [0.3, 0.4) is 0 Å². The normalized spacial score (nSPS) is 12.0. The first-order valence-corrected chi connectivity index (χ1v) is 7.88. The predicted molar refractivity (Wildman–Crippen MR) is 88.2 cm³/mol. The number of aliphatic hydroxyl groups is 1. The summed E-state index contributed by atoms with van der Waals surface area (Å²) in [4.78, 5) is 0. The van der Waals surface area contributed by atoms with Gasteiger partial charge in [0.2, 0.25) is 0 Å². The lowest BCUT2D eigenvalue weighted by Crippen LogP contribution is -2.26. The molecule has 0 saturated heterocycles. The Morgan fingerprint density at radius 3 is 2.52 bits per heavy atom. The number of anilines is 1. The van der Waals surface area contributed by atoms with E-state index in [1.165, 1.54) is 6.07 Å². The average Bonchev–Trinajstić information content (AvgIpc) is 2.48. The van der Waals surface area contributed by atoms with Crippen molar-refractivity contribution in [3.05, 3.63) is 57.2 Å². The molecule has 1 atom stereocenters. The molecule has 0 saturated carbocycles. The quantitative estimate of drug-likeness (QED) is 0.738. The Morgan fingerprint density at radius 1 is 1.14 bits per heavy atom. The first kappa shape index (κ1) is 16.3. The van der Waals surface area contributed by atoms with Crippen LogP contribution in [0.25, 0.3) is 0 Å². The van der Waals surface area contributed by atoms with Crippen LogP contribution in [-0.4, -0.2) is 24.4 Å². The Kier molecular flexibility index (Phi) is 6.02. The third kappa shape index (κ3) is 5.30. The van der Waals surface area contributed by atoms with Crippen LogP contribution in [-0.2, 0) is 0 Å². The standard InChI is InChI=1S/C15H14Br2FNO2/c16-10-1-4-13(5-2-10)21-9-12(20)8-19-11-3-6-14(17)15(18)7-11/h1-7,12,19-20H,8-9H2. The van der Waals surface area contributed by atoms with Crippen LogP contribution >= 0.6 is 31.9 Å². The summed E-state index contributed by atoms with van der Waals surface area (Å²) in [5.74, 6) is 0.340. The monoisotopic (exact) mass is 417 g/mol. The molecule has 2 aromatic rings. The van der Waals surface area contributed by atoms with Crippen molar-refractivity contribution in [3.63, 3.8) is 0 Å². The fourth-order valence-electron chi connectivity index (χ4n) is 1.62. The van der Waals surface area contributed by atoms with Gasteiger partial charge in [-0.05, 0) is 58.4 Å². The lowest BCUT2D eigenvalue weighted by atomic mass is 10.3. The van der Waals surface area contributed by atoms with Crippen LogP contribution in [0.2, 0.25) is 0 Å². The van der Waals surface area contributed by atoms with Crippen molar-refractivity contribution in [2.75, 3.05) is 18.5 Å². The highest BCUT2D eigenvalue weighted by Crippen LogP contribution is 2.19. The molecule has 0 amide bonds. The van der Waals surface area contributed by atoms with Gasteiger partial charge >= 0.3 is 0 Å². The van der Waals surface area contributed by atoms with Gasteiger partial charge in [-0.3, -0.25) is 0 Å². The molecule has 0 aliphatic rings. The van der Waals surface area contributed by atoms with E-state index >= 15 is 0 Å². The molecule has 6 heteroatoms. The maximum absolute atomic E-state index is 13.3. The lowest BCUT2D eigenvalue weighted by molar-refractivity contribution is 0.117. The first-order valence-electron chi connectivity index (χ1n) is 6.30. The van der Waals surface area contributed by atoms with Crippen LogP contribution in [0.5, 0.6) is 5.75 Å². The molecule has 0 heterocycles. The zero-order valence-electron chi connectivity index (χ0n) is 11.0. The number of nitrogens with one attached hydrogen (secondary N) is 1. The zero-order chi connectivity index (χ0) is 15.2. The molecule has 1 unspecified atom stereocenters. The van der Waals surface area contributed by atoms with E-state index in [1.807, 2.05) is 24.3 Å². The van der Waals surface area contributed by atoms with E-state index in [-0.39, 0.29) is 19.0 Å². The summed E-state index contributed by atoms with van der Waals surface area (Å²) in [6.45, 7) is 0.436. The largest absolute Gasteiger partial charge is 0.491 e. The van der Waals surface area contributed by atoms with Gasteiger partial charge in [0.1, 0.15) is 24.3 Å². The summed E-state index contributed by atoms with van der Waals surface area (Å²) >= 11 is 6.43. The molecule has 2 N–H and O–H groups in total. The summed E-state index contributed by atoms with van der Waals surface area (Å²) in [6.07, 6.45) is -0.694. The highest BCUT2D eigenvalue weighted by atomic mass is 79.9. The third-order valence-corrected chi connectivity index (χ3v) is 3.89. The molecule has 0 aliphatic carbocycles. The van der Waals surface area contributed by atoms with Gasteiger partial charge in [0.15, 0.2) is 0 Å². The Balaban J connectivity index is 1.77. The molecule has 0 radical (unpaired) electrons. The minimum Gasteiger partial charge on any atom is -0.491 e. The topological polar surface area (TPSA) is 41.5 Å². The zero-order valence-corrected chi connectivity index (χ0v) is 14.2. The Labute approximate surface area is 139 Å². The Bertz CT molecular complexity index is 593. The second-order valence-corrected chi connectivity index (χ2v) is 6.20. The van der Waals surface area contributed by atoms with Gasteiger partial charge in [-0.2, -0.15) is 0 Å². The van der Waals surface area contributed by atoms with Crippen molar-refractivity contribution in [1.29, 1.82) is 0 Å². The third-order valence-electron chi connectivity index (χ3n) is 2.72. The molecular weight excluding hydrogens is 405 g/mol. The van der Waals surface area contributed by atoms with Crippen LogP contribution < -0.4 is 10.1 Å². The van der Waals surface area contributed by atoms with Gasteiger partial charge in [0.05, 0.1) is 4.47 Å². The molecule has 0 aromatic heterocycles. The summed E-state index contributed by atoms with van der Waals surface area (Å²) in [5, 5.41) is 12.8. The molecule has 2 aromatic carbocycles. The summed E-state index contributed by atoms with van der Waals surface area (Å²) < 4.78 is 20.2. The molecule has 2 rings (SSSR count). The number of benzene rings is 2. The number of ether oxygens (including phenoxy) is 1. The number of hydrogen-bond acceptors (Lipinski definition) is 3. The number of rotatable bonds is 6. The number of aliphatic hydroxyl groups excluding tert-OH is 1. The molecule has 0 spiro atoms. The fraction of sp³-hybridized carbons (Fsp3) is 0.200.